The topological polar surface area (TPSA) is 75.6 Å². The monoisotopic (exact) mass is 283 g/mol. The molecule has 2 N–H and O–H groups in total. The van der Waals surface area contributed by atoms with Crippen molar-refractivity contribution in [3.05, 3.63) is 35.9 Å². The van der Waals surface area contributed by atoms with Gasteiger partial charge in [-0.3, -0.25) is 0 Å². The van der Waals surface area contributed by atoms with Crippen LogP contribution in [-0.2, 0) is 9.53 Å². The maximum Gasteiger partial charge on any atom is 0.410 e. The van der Waals surface area contributed by atoms with Crippen molar-refractivity contribution in [2.75, 3.05) is 0 Å². The number of carbonyl (C=O) groups excluding carboxylic acids is 1. The van der Waals surface area contributed by atoms with Crippen LogP contribution < -0.4 is 5.32 Å². The molecule has 0 aliphatic carbocycles. The molecule has 6 heteroatoms. The third-order valence-corrected chi connectivity index (χ3v) is 3.02. The number of amides is 1. The zero-order chi connectivity index (χ0) is 15.1. The second kappa shape index (κ2) is 7.47. The van der Waals surface area contributed by atoms with E-state index in [1.165, 1.54) is 12.1 Å². The molecule has 0 aliphatic rings. The number of hydrogen-bond donors (Lipinski definition) is 2. The summed E-state index contributed by atoms with van der Waals surface area (Å²) in [5.41, 5.74) is 0.193. The molecule has 1 aromatic rings. The number of carboxylic acid groups (broad SMARTS) is 1. The van der Waals surface area contributed by atoms with E-state index in [0.717, 1.165) is 0 Å². The molecule has 0 radical (unpaired) electrons. The number of benzene rings is 1. The second-order valence-electron chi connectivity index (χ2n) is 4.48. The SMILES string of the molecule is CC[C@H](C)[C@H](NC(=O)OC(F)c1ccccc1)C(=O)O. The van der Waals surface area contributed by atoms with Gasteiger partial charge in [0.15, 0.2) is 0 Å². The van der Waals surface area contributed by atoms with Crippen molar-refractivity contribution >= 4 is 12.1 Å². The highest BCUT2D eigenvalue weighted by Gasteiger charge is 2.27. The Morgan fingerprint density at radius 1 is 1.35 bits per heavy atom. The van der Waals surface area contributed by atoms with Crippen LogP contribution in [0.3, 0.4) is 0 Å². The smallest absolute Gasteiger partial charge is 0.410 e. The minimum Gasteiger partial charge on any atom is -0.480 e. The van der Waals surface area contributed by atoms with Gasteiger partial charge in [-0.1, -0.05) is 50.6 Å². The molecule has 3 atom stereocenters. The Balaban J connectivity index is 2.60. The van der Waals surface area contributed by atoms with E-state index in [-0.39, 0.29) is 11.5 Å². The minimum absolute atomic E-state index is 0.193. The van der Waals surface area contributed by atoms with E-state index in [1.807, 2.05) is 0 Å². The van der Waals surface area contributed by atoms with E-state index in [4.69, 9.17) is 5.11 Å². The molecule has 0 saturated heterocycles. The van der Waals surface area contributed by atoms with Crippen molar-refractivity contribution in [3.8, 4) is 0 Å². The molecule has 110 valence electrons. The standard InChI is InChI=1S/C14H18FNO4/c1-3-9(2)11(13(17)18)16-14(19)20-12(15)10-7-5-4-6-8-10/h4-9,11-12H,3H2,1-2H3,(H,16,19)(H,17,18)/t9-,11-,12?/m0/s1. The van der Waals surface area contributed by atoms with E-state index in [0.29, 0.717) is 6.42 Å². The average molecular weight is 283 g/mol. The summed E-state index contributed by atoms with van der Waals surface area (Å²) in [6.07, 6.45) is -2.45. The number of halogens is 1. The van der Waals surface area contributed by atoms with Crippen LogP contribution in [0.4, 0.5) is 9.18 Å². The Hall–Kier alpha value is -2.11. The Morgan fingerprint density at radius 3 is 2.45 bits per heavy atom. The molecular weight excluding hydrogens is 265 g/mol. The van der Waals surface area contributed by atoms with Crippen molar-refractivity contribution in [2.45, 2.75) is 32.7 Å². The molecular formula is C14H18FNO4. The molecule has 1 aromatic carbocycles. The lowest BCUT2D eigenvalue weighted by atomic mass is 10.00. The van der Waals surface area contributed by atoms with Crippen LogP contribution in [0, 0.1) is 5.92 Å². The van der Waals surface area contributed by atoms with Gasteiger partial charge in [0.25, 0.3) is 6.36 Å². The summed E-state index contributed by atoms with van der Waals surface area (Å²) in [5, 5.41) is 11.2. The van der Waals surface area contributed by atoms with Gasteiger partial charge in [-0.2, -0.15) is 4.39 Å². The number of alkyl halides is 1. The van der Waals surface area contributed by atoms with Gasteiger partial charge in [-0.15, -0.1) is 0 Å². The maximum atomic E-state index is 13.7. The van der Waals surface area contributed by atoms with Crippen LogP contribution in [0.25, 0.3) is 0 Å². The van der Waals surface area contributed by atoms with Crippen molar-refractivity contribution < 1.29 is 23.8 Å². The van der Waals surface area contributed by atoms with E-state index >= 15 is 0 Å². The molecule has 5 nitrogen and oxygen atoms in total. The number of ether oxygens (including phenoxy) is 1. The van der Waals surface area contributed by atoms with E-state index in [9.17, 15) is 14.0 Å². The molecule has 0 aliphatic heterocycles. The van der Waals surface area contributed by atoms with E-state index in [1.54, 1.807) is 32.0 Å². The Bertz CT molecular complexity index is 452. The summed E-state index contributed by atoms with van der Waals surface area (Å²) < 4.78 is 18.2. The van der Waals surface area contributed by atoms with Crippen LogP contribution in [0.2, 0.25) is 0 Å². The highest BCUT2D eigenvalue weighted by Crippen LogP contribution is 2.18. The van der Waals surface area contributed by atoms with Crippen LogP contribution in [0.15, 0.2) is 30.3 Å². The van der Waals surface area contributed by atoms with Gasteiger partial charge in [0, 0.05) is 5.56 Å². The van der Waals surface area contributed by atoms with Gasteiger partial charge in [0.05, 0.1) is 0 Å². The Labute approximate surface area is 116 Å². The first-order chi connectivity index (χ1) is 9.45. The number of carbonyl (C=O) groups is 2. The highest BCUT2D eigenvalue weighted by molar-refractivity contribution is 5.80. The number of hydrogen-bond acceptors (Lipinski definition) is 3. The van der Waals surface area contributed by atoms with Crippen LogP contribution in [0.5, 0.6) is 0 Å². The molecule has 1 amide bonds. The number of rotatable bonds is 6. The summed E-state index contributed by atoms with van der Waals surface area (Å²) >= 11 is 0. The Morgan fingerprint density at radius 2 is 1.95 bits per heavy atom. The molecule has 20 heavy (non-hydrogen) atoms. The number of nitrogens with one attached hydrogen (secondary N) is 1. The second-order valence-corrected chi connectivity index (χ2v) is 4.48. The summed E-state index contributed by atoms with van der Waals surface area (Å²) in [5.74, 6) is -1.46. The lowest BCUT2D eigenvalue weighted by molar-refractivity contribution is -0.140. The molecule has 0 aromatic heterocycles. The summed E-state index contributed by atoms with van der Waals surface area (Å²) in [6.45, 7) is 3.48. The first-order valence-electron chi connectivity index (χ1n) is 6.34. The minimum atomic E-state index is -1.93. The molecule has 1 rings (SSSR count). The van der Waals surface area contributed by atoms with Crippen molar-refractivity contribution in [2.24, 2.45) is 5.92 Å². The van der Waals surface area contributed by atoms with Crippen LogP contribution in [0.1, 0.15) is 32.2 Å². The fraction of sp³-hybridized carbons (Fsp3) is 0.429. The van der Waals surface area contributed by atoms with E-state index in [2.05, 4.69) is 10.1 Å². The van der Waals surface area contributed by atoms with Gasteiger partial charge in [0.1, 0.15) is 6.04 Å². The fourth-order valence-corrected chi connectivity index (χ4v) is 1.61. The number of carboxylic acids is 1. The Kier molecular flexibility index (Phi) is 5.96. The zero-order valence-electron chi connectivity index (χ0n) is 11.4. The molecule has 0 bridgehead atoms. The third kappa shape index (κ3) is 4.53. The summed E-state index contributed by atoms with van der Waals surface area (Å²) in [6, 6.07) is 6.78. The van der Waals surface area contributed by atoms with Crippen molar-refractivity contribution in [3.63, 3.8) is 0 Å². The first-order valence-corrected chi connectivity index (χ1v) is 6.34. The van der Waals surface area contributed by atoms with Gasteiger partial charge in [-0.05, 0) is 5.92 Å². The van der Waals surface area contributed by atoms with Gasteiger partial charge in [-0.25, -0.2) is 9.59 Å². The molecule has 1 unspecified atom stereocenters. The third-order valence-electron chi connectivity index (χ3n) is 3.02. The average Bonchev–Trinajstić information content (AvgIpc) is 2.44. The first kappa shape index (κ1) is 15.9. The van der Waals surface area contributed by atoms with Crippen molar-refractivity contribution in [1.29, 1.82) is 0 Å². The summed E-state index contributed by atoms with van der Waals surface area (Å²) in [4.78, 5) is 22.6. The summed E-state index contributed by atoms with van der Waals surface area (Å²) in [7, 11) is 0. The number of alkyl carbamates (subject to hydrolysis) is 1. The lowest BCUT2D eigenvalue weighted by Crippen LogP contribution is -2.45. The van der Waals surface area contributed by atoms with Crippen LogP contribution >= 0.6 is 0 Å². The predicted octanol–water partition coefficient (Wildman–Crippen LogP) is 2.88. The van der Waals surface area contributed by atoms with Gasteiger partial charge < -0.3 is 15.2 Å². The maximum absolute atomic E-state index is 13.7. The largest absolute Gasteiger partial charge is 0.480 e. The molecule has 0 fully saturated rings. The quantitative estimate of drug-likeness (QED) is 0.841. The number of aliphatic carboxylic acids is 1. The van der Waals surface area contributed by atoms with Crippen LogP contribution in [-0.4, -0.2) is 23.2 Å². The molecule has 0 saturated carbocycles. The highest BCUT2D eigenvalue weighted by atomic mass is 19.1. The molecule has 0 heterocycles. The van der Waals surface area contributed by atoms with E-state index < -0.39 is 24.5 Å². The van der Waals surface area contributed by atoms with Gasteiger partial charge in [0.2, 0.25) is 0 Å². The molecule has 0 spiro atoms. The normalized spacial score (nSPS) is 14.9. The predicted molar refractivity (Wildman–Crippen MR) is 70.8 cm³/mol. The lowest BCUT2D eigenvalue weighted by Gasteiger charge is -2.20. The van der Waals surface area contributed by atoms with Crippen molar-refractivity contribution in [1.82, 2.24) is 5.32 Å². The fourth-order valence-electron chi connectivity index (χ4n) is 1.61. The zero-order valence-corrected chi connectivity index (χ0v) is 11.4. The van der Waals surface area contributed by atoms with Gasteiger partial charge >= 0.3 is 12.1 Å².